The number of benzene rings is 2. The third kappa shape index (κ3) is 3.33. The van der Waals surface area contributed by atoms with E-state index in [1.807, 2.05) is 47.2 Å². The lowest BCUT2D eigenvalue weighted by atomic mass is 10.1. The Bertz CT molecular complexity index is 915. The molecule has 0 unspecified atom stereocenters. The summed E-state index contributed by atoms with van der Waals surface area (Å²) in [5, 5.41) is 4.20. The Morgan fingerprint density at radius 3 is 2.26 bits per heavy atom. The van der Waals surface area contributed by atoms with Gasteiger partial charge in [-0.05, 0) is 39.1 Å². The van der Waals surface area contributed by atoms with Gasteiger partial charge in [0.2, 0.25) is 0 Å². The van der Waals surface area contributed by atoms with Crippen LogP contribution in [-0.2, 0) is 16.5 Å². The first-order valence-electron chi connectivity index (χ1n) is 6.83. The van der Waals surface area contributed by atoms with Gasteiger partial charge in [-0.15, -0.1) is 0 Å². The second-order valence-corrected chi connectivity index (χ2v) is 7.59. The minimum atomic E-state index is -4.27. The van der Waals surface area contributed by atoms with E-state index in [1.165, 1.54) is 6.07 Å². The minimum Gasteiger partial charge on any atom is -0.282 e. The van der Waals surface area contributed by atoms with E-state index >= 15 is 0 Å². The molecule has 1 aliphatic carbocycles. The van der Waals surface area contributed by atoms with Gasteiger partial charge in [0.1, 0.15) is 4.90 Å². The predicted octanol–water partition coefficient (Wildman–Crippen LogP) is 4.91. The Morgan fingerprint density at radius 2 is 1.65 bits per heavy atom. The molecule has 3 aromatic rings. The topological polar surface area (TPSA) is 54.4 Å². The summed E-state index contributed by atoms with van der Waals surface area (Å²) in [4.78, 5) is -0.226. The van der Waals surface area contributed by atoms with Gasteiger partial charge in [-0.1, -0.05) is 54.1 Å². The smallest absolute Gasteiger partial charge is 0.282 e. The molecule has 3 nitrogen and oxygen atoms in total. The van der Waals surface area contributed by atoms with Crippen LogP contribution in [-0.4, -0.2) is 13.0 Å². The summed E-state index contributed by atoms with van der Waals surface area (Å²) in [5.74, 6) is 0. The van der Waals surface area contributed by atoms with E-state index in [-0.39, 0.29) is 9.92 Å². The van der Waals surface area contributed by atoms with E-state index < -0.39 is 10.1 Å². The van der Waals surface area contributed by atoms with E-state index in [0.29, 0.717) is 6.42 Å². The molecule has 0 fully saturated rings. The molecule has 6 heteroatoms. The fourth-order valence-electron chi connectivity index (χ4n) is 2.58. The van der Waals surface area contributed by atoms with Crippen LogP contribution in [0.5, 0.6) is 0 Å². The highest BCUT2D eigenvalue weighted by atomic mass is 35.5. The first kappa shape index (κ1) is 16.2. The van der Waals surface area contributed by atoms with Crippen molar-refractivity contribution in [3.63, 3.8) is 0 Å². The molecule has 1 aliphatic rings. The van der Waals surface area contributed by atoms with Crippen molar-refractivity contribution >= 4 is 33.1 Å². The first-order chi connectivity index (χ1) is 11.0. The molecular formula is C17H13ClO3S2. The standard InChI is InChI=1S/C13H9ClO3S.C4H4S/c14-13-11-7-8-3-1-2-4-9(8)10(11)5-6-12(13)18(15,16)17;1-2-4-5-3-1/h1-6H,7H2,(H,15,16,17);1-4H. The molecule has 2 aromatic carbocycles. The Labute approximate surface area is 143 Å². The van der Waals surface area contributed by atoms with Crippen LogP contribution in [0.2, 0.25) is 5.02 Å². The minimum absolute atomic E-state index is 0.117. The van der Waals surface area contributed by atoms with Crippen LogP contribution in [0.25, 0.3) is 11.1 Å². The number of hydrogen-bond donors (Lipinski definition) is 1. The van der Waals surface area contributed by atoms with Crippen molar-refractivity contribution in [3.05, 3.63) is 75.4 Å². The predicted molar refractivity (Wildman–Crippen MR) is 93.8 cm³/mol. The van der Waals surface area contributed by atoms with Gasteiger partial charge in [0.25, 0.3) is 10.1 Å². The zero-order valence-electron chi connectivity index (χ0n) is 11.9. The zero-order valence-corrected chi connectivity index (χ0v) is 14.3. The second-order valence-electron chi connectivity index (χ2n) is 5.01. The largest absolute Gasteiger partial charge is 0.296 e. The van der Waals surface area contributed by atoms with Gasteiger partial charge in [-0.25, -0.2) is 0 Å². The third-order valence-corrected chi connectivity index (χ3v) is 5.65. The van der Waals surface area contributed by atoms with Crippen molar-refractivity contribution in [2.45, 2.75) is 11.3 Å². The van der Waals surface area contributed by atoms with E-state index in [9.17, 15) is 8.42 Å². The molecule has 0 saturated carbocycles. The molecule has 4 rings (SSSR count). The quantitative estimate of drug-likeness (QED) is 0.488. The van der Waals surface area contributed by atoms with Crippen LogP contribution in [0.15, 0.2) is 64.2 Å². The lowest BCUT2D eigenvalue weighted by Gasteiger charge is -2.06. The molecule has 0 aliphatic heterocycles. The first-order valence-corrected chi connectivity index (χ1v) is 9.59. The van der Waals surface area contributed by atoms with Crippen molar-refractivity contribution < 1.29 is 13.0 Å². The fourth-order valence-corrected chi connectivity index (χ4v) is 4.15. The fraction of sp³-hybridized carbons (Fsp3) is 0.0588. The van der Waals surface area contributed by atoms with Crippen molar-refractivity contribution in [1.29, 1.82) is 0 Å². The average Bonchev–Trinajstić information content (AvgIpc) is 3.18. The van der Waals surface area contributed by atoms with Gasteiger partial charge in [0.05, 0.1) is 5.02 Å². The molecule has 1 heterocycles. The van der Waals surface area contributed by atoms with Crippen LogP contribution in [0.1, 0.15) is 11.1 Å². The number of rotatable bonds is 1. The normalized spacial score (nSPS) is 12.1. The maximum absolute atomic E-state index is 11.2. The Kier molecular flexibility index (Phi) is 4.55. The molecule has 0 radical (unpaired) electrons. The summed E-state index contributed by atoms with van der Waals surface area (Å²) in [6.07, 6.45) is 0.591. The summed E-state index contributed by atoms with van der Waals surface area (Å²) < 4.78 is 31.5. The average molecular weight is 365 g/mol. The molecule has 118 valence electrons. The van der Waals surface area contributed by atoms with Gasteiger partial charge in [-0.3, -0.25) is 4.55 Å². The van der Waals surface area contributed by atoms with Crippen molar-refractivity contribution in [2.75, 3.05) is 0 Å². The number of hydrogen-bond acceptors (Lipinski definition) is 3. The van der Waals surface area contributed by atoms with Crippen LogP contribution < -0.4 is 0 Å². The summed E-state index contributed by atoms with van der Waals surface area (Å²) in [6, 6.07) is 14.9. The van der Waals surface area contributed by atoms with Crippen molar-refractivity contribution in [2.24, 2.45) is 0 Å². The van der Waals surface area contributed by atoms with Crippen LogP contribution in [0.3, 0.4) is 0 Å². The highest BCUT2D eigenvalue weighted by Gasteiger charge is 2.25. The Balaban J connectivity index is 0.000000267. The van der Waals surface area contributed by atoms with Crippen molar-refractivity contribution in [1.82, 2.24) is 0 Å². The molecule has 0 bridgehead atoms. The van der Waals surface area contributed by atoms with Gasteiger partial charge in [0, 0.05) is 6.42 Å². The summed E-state index contributed by atoms with van der Waals surface area (Å²) in [7, 11) is -4.27. The summed E-state index contributed by atoms with van der Waals surface area (Å²) in [6.45, 7) is 0. The molecule has 0 amide bonds. The van der Waals surface area contributed by atoms with Gasteiger partial charge in [0.15, 0.2) is 0 Å². The molecule has 1 N–H and O–H groups in total. The van der Waals surface area contributed by atoms with Crippen LogP contribution in [0, 0.1) is 0 Å². The Hall–Kier alpha value is -1.66. The van der Waals surface area contributed by atoms with Gasteiger partial charge < -0.3 is 0 Å². The lowest BCUT2D eigenvalue weighted by molar-refractivity contribution is 0.483. The van der Waals surface area contributed by atoms with Crippen LogP contribution >= 0.6 is 22.9 Å². The van der Waals surface area contributed by atoms with Gasteiger partial charge in [-0.2, -0.15) is 19.8 Å². The molecule has 1 aromatic heterocycles. The molecule has 0 spiro atoms. The van der Waals surface area contributed by atoms with Crippen LogP contribution in [0.4, 0.5) is 0 Å². The number of fused-ring (bicyclic) bond motifs is 3. The third-order valence-electron chi connectivity index (χ3n) is 3.59. The lowest BCUT2D eigenvalue weighted by Crippen LogP contribution is -2.00. The Morgan fingerprint density at radius 1 is 0.957 bits per heavy atom. The number of halogens is 1. The summed E-state index contributed by atoms with van der Waals surface area (Å²) in [5.41, 5.74) is 3.87. The van der Waals surface area contributed by atoms with Gasteiger partial charge >= 0.3 is 0 Å². The highest BCUT2D eigenvalue weighted by Crippen LogP contribution is 2.42. The molecule has 0 atom stereocenters. The molecular weight excluding hydrogens is 352 g/mol. The van der Waals surface area contributed by atoms with E-state index in [0.717, 1.165) is 22.3 Å². The van der Waals surface area contributed by atoms with E-state index in [2.05, 4.69) is 0 Å². The summed E-state index contributed by atoms with van der Waals surface area (Å²) >= 11 is 7.80. The van der Waals surface area contributed by atoms with E-state index in [4.69, 9.17) is 16.2 Å². The zero-order chi connectivity index (χ0) is 16.4. The van der Waals surface area contributed by atoms with E-state index in [1.54, 1.807) is 17.4 Å². The van der Waals surface area contributed by atoms with Crippen molar-refractivity contribution in [3.8, 4) is 11.1 Å². The maximum Gasteiger partial charge on any atom is 0.296 e. The maximum atomic E-state index is 11.2. The monoisotopic (exact) mass is 364 g/mol. The number of thiophene rings is 1. The highest BCUT2D eigenvalue weighted by molar-refractivity contribution is 7.86. The second kappa shape index (κ2) is 6.45. The SMILES string of the molecule is O=S(=O)(O)c1ccc2c(c1Cl)Cc1ccccc1-2.c1ccsc1. The molecule has 23 heavy (non-hydrogen) atoms. The molecule has 0 saturated heterocycles.